The van der Waals surface area contributed by atoms with Crippen LogP contribution in [0, 0.1) is 0 Å². The van der Waals surface area contributed by atoms with E-state index in [1.807, 2.05) is 6.07 Å². The van der Waals surface area contributed by atoms with E-state index in [9.17, 15) is 13.2 Å². The largest absolute Gasteiger partial charge is 0.334 e. The van der Waals surface area contributed by atoms with Crippen molar-refractivity contribution in [2.24, 2.45) is 0 Å². The van der Waals surface area contributed by atoms with E-state index in [1.54, 1.807) is 41.6 Å². The van der Waals surface area contributed by atoms with Gasteiger partial charge in [0.25, 0.3) is 5.91 Å². The van der Waals surface area contributed by atoms with Gasteiger partial charge in [-0.15, -0.1) is 0 Å². The van der Waals surface area contributed by atoms with E-state index in [-0.39, 0.29) is 10.8 Å². The van der Waals surface area contributed by atoms with Gasteiger partial charge in [0.2, 0.25) is 10.0 Å². The Kier molecular flexibility index (Phi) is 4.38. The van der Waals surface area contributed by atoms with Crippen LogP contribution >= 0.6 is 0 Å². The topological polar surface area (TPSA) is 70.6 Å². The van der Waals surface area contributed by atoms with Gasteiger partial charge >= 0.3 is 0 Å². The number of pyridine rings is 1. The number of carbonyl (C=O) groups is 1. The number of fused-ring (bicyclic) bond motifs is 1. The normalized spacial score (nSPS) is 14.5. The first kappa shape index (κ1) is 16.6. The second kappa shape index (κ2) is 6.33. The Morgan fingerprint density at radius 2 is 2.00 bits per heavy atom. The van der Waals surface area contributed by atoms with Crippen molar-refractivity contribution in [2.45, 2.75) is 17.9 Å². The molecule has 1 aliphatic heterocycles. The standard InChI is InChI=1S/C17H19N3O3S/c1-19(2)24(22,23)16-6-5-13-7-9-20(12-15(13)10-16)17(21)14-4-3-8-18-11-14/h3-6,8,10-11H,7,9,12H2,1-2H3. The van der Waals surface area contributed by atoms with Gasteiger partial charge in [0, 0.05) is 39.6 Å². The summed E-state index contributed by atoms with van der Waals surface area (Å²) in [6.07, 6.45) is 3.88. The monoisotopic (exact) mass is 345 g/mol. The number of carbonyl (C=O) groups excluding carboxylic acids is 1. The van der Waals surface area contributed by atoms with Gasteiger partial charge in [-0.1, -0.05) is 6.07 Å². The molecule has 2 heterocycles. The third kappa shape index (κ3) is 3.05. The summed E-state index contributed by atoms with van der Waals surface area (Å²) in [6.45, 7) is 1.01. The Balaban J connectivity index is 1.89. The Morgan fingerprint density at radius 3 is 2.67 bits per heavy atom. The van der Waals surface area contributed by atoms with E-state index in [0.717, 1.165) is 11.1 Å². The molecule has 0 unspecified atom stereocenters. The zero-order valence-corrected chi connectivity index (χ0v) is 14.5. The van der Waals surface area contributed by atoms with E-state index < -0.39 is 10.0 Å². The van der Waals surface area contributed by atoms with Crippen LogP contribution in [0.3, 0.4) is 0 Å². The summed E-state index contributed by atoms with van der Waals surface area (Å²) in [5.41, 5.74) is 2.50. The molecule has 0 radical (unpaired) electrons. The van der Waals surface area contributed by atoms with Crippen molar-refractivity contribution < 1.29 is 13.2 Å². The van der Waals surface area contributed by atoms with E-state index in [0.29, 0.717) is 25.1 Å². The van der Waals surface area contributed by atoms with E-state index in [1.165, 1.54) is 18.4 Å². The van der Waals surface area contributed by atoms with E-state index >= 15 is 0 Å². The van der Waals surface area contributed by atoms with E-state index in [4.69, 9.17) is 0 Å². The average molecular weight is 345 g/mol. The highest BCUT2D eigenvalue weighted by Crippen LogP contribution is 2.24. The molecular formula is C17H19N3O3S. The van der Waals surface area contributed by atoms with Crippen molar-refractivity contribution in [3.8, 4) is 0 Å². The van der Waals surface area contributed by atoms with Crippen molar-refractivity contribution in [3.05, 3.63) is 59.4 Å². The van der Waals surface area contributed by atoms with Gasteiger partial charge in [0.1, 0.15) is 0 Å². The van der Waals surface area contributed by atoms with Crippen molar-refractivity contribution >= 4 is 15.9 Å². The molecule has 0 atom stereocenters. The molecule has 1 aromatic carbocycles. The number of amides is 1. The fraction of sp³-hybridized carbons (Fsp3) is 0.294. The third-order valence-corrected chi connectivity index (χ3v) is 5.98. The number of aromatic nitrogens is 1. The summed E-state index contributed by atoms with van der Waals surface area (Å²) in [5.74, 6) is -0.0883. The third-order valence-electron chi connectivity index (χ3n) is 4.16. The predicted molar refractivity (Wildman–Crippen MR) is 90.0 cm³/mol. The summed E-state index contributed by atoms with van der Waals surface area (Å²) >= 11 is 0. The fourth-order valence-corrected chi connectivity index (χ4v) is 3.70. The summed E-state index contributed by atoms with van der Waals surface area (Å²) in [5, 5.41) is 0. The molecule has 1 aliphatic rings. The first-order valence-corrected chi connectivity index (χ1v) is 9.07. The molecule has 0 saturated heterocycles. The zero-order chi connectivity index (χ0) is 17.3. The van der Waals surface area contributed by atoms with Gasteiger partial charge in [-0.2, -0.15) is 0 Å². The van der Waals surface area contributed by atoms with Gasteiger partial charge in [-0.05, 0) is 41.8 Å². The predicted octanol–water partition coefficient (Wildman–Crippen LogP) is 1.53. The molecule has 0 bridgehead atoms. The maximum atomic E-state index is 12.6. The number of nitrogens with zero attached hydrogens (tertiary/aromatic N) is 3. The van der Waals surface area contributed by atoms with Crippen LogP contribution in [0.15, 0.2) is 47.6 Å². The number of hydrogen-bond acceptors (Lipinski definition) is 4. The molecule has 1 amide bonds. The molecule has 6 nitrogen and oxygen atoms in total. The molecule has 0 aliphatic carbocycles. The van der Waals surface area contributed by atoms with Crippen molar-refractivity contribution in [2.75, 3.05) is 20.6 Å². The molecule has 24 heavy (non-hydrogen) atoms. The molecule has 0 saturated carbocycles. The Labute approximate surface area is 141 Å². The highest BCUT2D eigenvalue weighted by atomic mass is 32.2. The average Bonchev–Trinajstić information content (AvgIpc) is 2.60. The van der Waals surface area contributed by atoms with Crippen LogP contribution in [0.1, 0.15) is 21.5 Å². The molecule has 0 N–H and O–H groups in total. The summed E-state index contributed by atoms with van der Waals surface area (Å²) < 4.78 is 25.8. The van der Waals surface area contributed by atoms with Crippen molar-refractivity contribution in [3.63, 3.8) is 0 Å². The highest BCUT2D eigenvalue weighted by molar-refractivity contribution is 7.89. The SMILES string of the molecule is CN(C)S(=O)(=O)c1ccc2c(c1)CN(C(=O)c1cccnc1)CC2. The van der Waals surface area contributed by atoms with Crippen molar-refractivity contribution in [1.82, 2.24) is 14.2 Å². The Bertz CT molecular complexity index is 864. The van der Waals surface area contributed by atoms with Gasteiger partial charge in [0.15, 0.2) is 0 Å². The lowest BCUT2D eigenvalue weighted by Gasteiger charge is -2.29. The van der Waals surface area contributed by atoms with Gasteiger partial charge in [-0.3, -0.25) is 9.78 Å². The van der Waals surface area contributed by atoms with Crippen molar-refractivity contribution in [1.29, 1.82) is 0 Å². The van der Waals surface area contributed by atoms with Gasteiger partial charge in [-0.25, -0.2) is 12.7 Å². The summed E-state index contributed by atoms with van der Waals surface area (Å²) in [7, 11) is -0.466. The molecule has 0 fully saturated rings. The number of rotatable bonds is 3. The lowest BCUT2D eigenvalue weighted by molar-refractivity contribution is 0.0734. The molecular weight excluding hydrogens is 326 g/mol. The van der Waals surface area contributed by atoms with Crippen LogP contribution < -0.4 is 0 Å². The first-order valence-electron chi connectivity index (χ1n) is 7.63. The first-order chi connectivity index (χ1) is 11.4. The molecule has 126 valence electrons. The Morgan fingerprint density at radius 1 is 1.21 bits per heavy atom. The maximum Gasteiger partial charge on any atom is 0.255 e. The number of hydrogen-bond donors (Lipinski definition) is 0. The lowest BCUT2D eigenvalue weighted by atomic mass is 9.99. The van der Waals surface area contributed by atoms with Gasteiger partial charge in [0.05, 0.1) is 10.5 Å². The fourth-order valence-electron chi connectivity index (χ4n) is 2.75. The van der Waals surface area contributed by atoms with Crippen LogP contribution in [-0.4, -0.2) is 49.2 Å². The quantitative estimate of drug-likeness (QED) is 0.846. The van der Waals surface area contributed by atoms with Crippen LogP contribution in [0.25, 0.3) is 0 Å². The lowest BCUT2D eigenvalue weighted by Crippen LogP contribution is -2.36. The van der Waals surface area contributed by atoms with E-state index in [2.05, 4.69) is 4.98 Å². The second-order valence-corrected chi connectivity index (χ2v) is 8.09. The van der Waals surface area contributed by atoms with Gasteiger partial charge < -0.3 is 4.90 Å². The minimum atomic E-state index is -3.48. The molecule has 7 heteroatoms. The second-order valence-electron chi connectivity index (χ2n) is 5.94. The summed E-state index contributed by atoms with van der Waals surface area (Å²) in [6, 6.07) is 8.61. The maximum absolute atomic E-state index is 12.6. The van der Waals surface area contributed by atoms with Crippen LogP contribution in [0.4, 0.5) is 0 Å². The minimum absolute atomic E-state index is 0.0883. The van der Waals surface area contributed by atoms with Crippen LogP contribution in [-0.2, 0) is 23.0 Å². The molecule has 2 aromatic rings. The molecule has 1 aromatic heterocycles. The van der Waals surface area contributed by atoms with Crippen LogP contribution in [0.5, 0.6) is 0 Å². The minimum Gasteiger partial charge on any atom is -0.334 e. The smallest absolute Gasteiger partial charge is 0.255 e. The highest BCUT2D eigenvalue weighted by Gasteiger charge is 2.24. The molecule has 0 spiro atoms. The summed E-state index contributed by atoms with van der Waals surface area (Å²) in [4.78, 5) is 18.5. The number of benzene rings is 1. The Hall–Kier alpha value is -2.25. The molecule has 3 rings (SSSR count). The van der Waals surface area contributed by atoms with Crippen LogP contribution in [0.2, 0.25) is 0 Å². The number of sulfonamides is 1. The zero-order valence-electron chi connectivity index (χ0n) is 13.6.